The number of nitrogens with zero attached hydrogens (tertiary/aromatic N) is 1. The highest BCUT2D eigenvalue weighted by atomic mass is 16.2. The van der Waals surface area contributed by atoms with Crippen molar-refractivity contribution in [3.05, 3.63) is 35.4 Å². The van der Waals surface area contributed by atoms with Gasteiger partial charge >= 0.3 is 0 Å². The zero-order valence-electron chi connectivity index (χ0n) is 10.5. The highest BCUT2D eigenvalue weighted by molar-refractivity contribution is 5.94. The Morgan fingerprint density at radius 3 is 2.53 bits per heavy atom. The number of nitrogens with two attached hydrogens (primary N) is 1. The molecule has 1 saturated heterocycles. The Labute approximate surface area is 103 Å². The van der Waals surface area contributed by atoms with Gasteiger partial charge in [0.2, 0.25) is 0 Å². The van der Waals surface area contributed by atoms with Crippen LogP contribution in [0.15, 0.2) is 24.3 Å². The summed E-state index contributed by atoms with van der Waals surface area (Å²) < 4.78 is 0. The van der Waals surface area contributed by atoms with Gasteiger partial charge in [-0.1, -0.05) is 12.1 Å². The van der Waals surface area contributed by atoms with Crippen LogP contribution in [0.2, 0.25) is 0 Å². The molecule has 0 radical (unpaired) electrons. The zero-order chi connectivity index (χ0) is 12.4. The maximum absolute atomic E-state index is 12.2. The van der Waals surface area contributed by atoms with Crippen LogP contribution in [0, 0.1) is 0 Å². The molecular formula is C14H20N2O. The van der Waals surface area contributed by atoms with Gasteiger partial charge in [-0.05, 0) is 44.4 Å². The van der Waals surface area contributed by atoms with Gasteiger partial charge in [0.1, 0.15) is 0 Å². The van der Waals surface area contributed by atoms with E-state index >= 15 is 0 Å². The molecule has 3 nitrogen and oxygen atoms in total. The van der Waals surface area contributed by atoms with E-state index in [9.17, 15) is 4.79 Å². The fraction of sp³-hybridized carbons (Fsp3) is 0.500. The molecule has 1 amide bonds. The predicted molar refractivity (Wildman–Crippen MR) is 68.8 cm³/mol. The molecule has 2 atom stereocenters. The lowest BCUT2D eigenvalue weighted by Crippen LogP contribution is -2.33. The summed E-state index contributed by atoms with van der Waals surface area (Å²) >= 11 is 0. The van der Waals surface area contributed by atoms with E-state index in [1.807, 2.05) is 36.1 Å². The molecule has 1 heterocycles. The lowest BCUT2D eigenvalue weighted by Gasteiger charge is -2.21. The van der Waals surface area contributed by atoms with Crippen LogP contribution in [0.5, 0.6) is 0 Å². The summed E-state index contributed by atoms with van der Waals surface area (Å²) in [4.78, 5) is 14.2. The third-order valence-corrected chi connectivity index (χ3v) is 3.50. The Balaban J connectivity index is 2.14. The van der Waals surface area contributed by atoms with Crippen LogP contribution < -0.4 is 5.73 Å². The van der Waals surface area contributed by atoms with Crippen molar-refractivity contribution in [2.75, 3.05) is 6.54 Å². The minimum Gasteiger partial charge on any atom is -0.336 e. The molecule has 0 aliphatic carbocycles. The first-order valence-electron chi connectivity index (χ1n) is 6.26. The Hall–Kier alpha value is -1.35. The minimum atomic E-state index is 0.0184. The Kier molecular flexibility index (Phi) is 3.48. The van der Waals surface area contributed by atoms with Gasteiger partial charge in [0, 0.05) is 24.2 Å². The molecule has 0 spiro atoms. The lowest BCUT2D eigenvalue weighted by atomic mass is 10.1. The highest BCUT2D eigenvalue weighted by Crippen LogP contribution is 2.20. The number of hydrogen-bond donors (Lipinski definition) is 1. The van der Waals surface area contributed by atoms with E-state index in [-0.39, 0.29) is 11.9 Å². The van der Waals surface area contributed by atoms with E-state index in [1.54, 1.807) is 0 Å². The van der Waals surface area contributed by atoms with E-state index in [0.717, 1.165) is 30.5 Å². The second-order valence-corrected chi connectivity index (χ2v) is 4.90. The van der Waals surface area contributed by atoms with Crippen molar-refractivity contribution in [1.29, 1.82) is 0 Å². The van der Waals surface area contributed by atoms with Crippen LogP contribution in [0.1, 0.15) is 48.7 Å². The van der Waals surface area contributed by atoms with Crippen molar-refractivity contribution < 1.29 is 4.79 Å². The molecule has 1 aromatic rings. The summed E-state index contributed by atoms with van der Waals surface area (Å²) in [5, 5.41) is 0. The fourth-order valence-electron chi connectivity index (χ4n) is 2.33. The SMILES string of the molecule is C[C@@H](N)c1ccc(C(=O)N2CCC[C@@H]2C)cc1. The molecule has 1 aliphatic rings. The Morgan fingerprint density at radius 1 is 1.41 bits per heavy atom. The minimum absolute atomic E-state index is 0.0184. The molecule has 3 heteroatoms. The molecular weight excluding hydrogens is 212 g/mol. The molecule has 0 bridgehead atoms. The van der Waals surface area contributed by atoms with Crippen molar-refractivity contribution in [3.8, 4) is 0 Å². The van der Waals surface area contributed by atoms with Gasteiger partial charge in [-0.2, -0.15) is 0 Å². The topological polar surface area (TPSA) is 46.3 Å². The molecule has 92 valence electrons. The van der Waals surface area contributed by atoms with Crippen molar-refractivity contribution in [3.63, 3.8) is 0 Å². The number of carbonyl (C=O) groups is 1. The van der Waals surface area contributed by atoms with Crippen molar-refractivity contribution >= 4 is 5.91 Å². The average Bonchev–Trinajstić information content (AvgIpc) is 2.74. The monoisotopic (exact) mass is 232 g/mol. The van der Waals surface area contributed by atoms with Gasteiger partial charge in [0.05, 0.1) is 0 Å². The van der Waals surface area contributed by atoms with Gasteiger partial charge in [-0.25, -0.2) is 0 Å². The number of likely N-dealkylation sites (tertiary alicyclic amines) is 1. The maximum atomic E-state index is 12.2. The van der Waals surface area contributed by atoms with Gasteiger partial charge in [0.15, 0.2) is 0 Å². The van der Waals surface area contributed by atoms with Gasteiger partial charge in [-0.15, -0.1) is 0 Å². The number of hydrogen-bond acceptors (Lipinski definition) is 2. The van der Waals surface area contributed by atoms with Crippen molar-refractivity contribution in [2.24, 2.45) is 5.73 Å². The first-order chi connectivity index (χ1) is 8.09. The number of rotatable bonds is 2. The van der Waals surface area contributed by atoms with Crippen molar-refractivity contribution in [2.45, 2.75) is 38.8 Å². The molecule has 2 rings (SSSR count). The van der Waals surface area contributed by atoms with Crippen LogP contribution in [-0.4, -0.2) is 23.4 Å². The van der Waals surface area contributed by atoms with E-state index in [2.05, 4.69) is 6.92 Å². The molecule has 2 N–H and O–H groups in total. The Morgan fingerprint density at radius 2 is 2.06 bits per heavy atom. The second-order valence-electron chi connectivity index (χ2n) is 4.90. The normalized spacial score (nSPS) is 21.6. The molecule has 1 aliphatic heterocycles. The molecule has 0 unspecified atom stereocenters. The lowest BCUT2D eigenvalue weighted by molar-refractivity contribution is 0.0747. The molecule has 1 fully saturated rings. The smallest absolute Gasteiger partial charge is 0.254 e. The molecule has 17 heavy (non-hydrogen) atoms. The highest BCUT2D eigenvalue weighted by Gasteiger charge is 2.25. The molecule has 0 aromatic heterocycles. The standard InChI is InChI=1S/C14H20N2O/c1-10-4-3-9-16(10)14(17)13-7-5-12(6-8-13)11(2)15/h5-8,10-11H,3-4,9,15H2,1-2H3/t10-,11+/m0/s1. The van der Waals surface area contributed by atoms with Crippen LogP contribution in [0.3, 0.4) is 0 Å². The number of amides is 1. The van der Waals surface area contributed by atoms with Crippen LogP contribution >= 0.6 is 0 Å². The summed E-state index contributed by atoms with van der Waals surface area (Å²) in [6.45, 7) is 4.94. The van der Waals surface area contributed by atoms with E-state index < -0.39 is 0 Å². The first-order valence-corrected chi connectivity index (χ1v) is 6.26. The quantitative estimate of drug-likeness (QED) is 0.850. The molecule has 1 aromatic carbocycles. The fourth-order valence-corrected chi connectivity index (χ4v) is 2.33. The summed E-state index contributed by atoms with van der Waals surface area (Å²) in [5.41, 5.74) is 7.62. The summed E-state index contributed by atoms with van der Waals surface area (Å²) in [6, 6.07) is 8.04. The largest absolute Gasteiger partial charge is 0.336 e. The summed E-state index contributed by atoms with van der Waals surface area (Å²) in [6.07, 6.45) is 2.23. The van der Waals surface area contributed by atoms with E-state index in [0.29, 0.717) is 6.04 Å². The third-order valence-electron chi connectivity index (χ3n) is 3.50. The van der Waals surface area contributed by atoms with Crippen molar-refractivity contribution in [1.82, 2.24) is 4.90 Å². The summed E-state index contributed by atoms with van der Waals surface area (Å²) in [7, 11) is 0. The van der Waals surface area contributed by atoms with Gasteiger partial charge in [-0.3, -0.25) is 4.79 Å². The second kappa shape index (κ2) is 4.88. The summed E-state index contributed by atoms with van der Waals surface area (Å²) in [5.74, 6) is 0.145. The average molecular weight is 232 g/mol. The third kappa shape index (κ3) is 2.50. The number of benzene rings is 1. The van der Waals surface area contributed by atoms with Gasteiger partial charge in [0.25, 0.3) is 5.91 Å². The molecule has 0 saturated carbocycles. The van der Waals surface area contributed by atoms with Crippen LogP contribution in [-0.2, 0) is 0 Å². The van der Waals surface area contributed by atoms with Crippen LogP contribution in [0.4, 0.5) is 0 Å². The zero-order valence-corrected chi connectivity index (χ0v) is 10.5. The van der Waals surface area contributed by atoms with Gasteiger partial charge < -0.3 is 10.6 Å². The number of carbonyl (C=O) groups excluding carboxylic acids is 1. The maximum Gasteiger partial charge on any atom is 0.254 e. The first kappa shape index (κ1) is 12.1. The Bertz CT molecular complexity index is 397. The van der Waals surface area contributed by atoms with Crippen LogP contribution in [0.25, 0.3) is 0 Å². The predicted octanol–water partition coefficient (Wildman–Crippen LogP) is 2.33. The van der Waals surface area contributed by atoms with E-state index in [1.165, 1.54) is 0 Å². The van der Waals surface area contributed by atoms with E-state index in [4.69, 9.17) is 5.73 Å².